The van der Waals surface area contributed by atoms with Gasteiger partial charge in [-0.25, -0.2) is 4.98 Å². The van der Waals surface area contributed by atoms with Crippen LogP contribution in [0.2, 0.25) is 0 Å². The highest BCUT2D eigenvalue weighted by Gasteiger charge is 2.10. The Hall–Kier alpha value is -1.16. The zero-order chi connectivity index (χ0) is 11.7. The average Bonchev–Trinajstić information content (AvgIpc) is 2.66. The van der Waals surface area contributed by atoms with E-state index in [2.05, 4.69) is 64.0 Å². The summed E-state index contributed by atoms with van der Waals surface area (Å²) >= 11 is 3.54. The lowest BCUT2D eigenvalue weighted by molar-refractivity contribution is 0.781. The molecule has 1 aromatic heterocycles. The lowest BCUT2D eigenvalue weighted by atomic mass is 10.1. The highest BCUT2D eigenvalue weighted by atomic mass is 79.9. The van der Waals surface area contributed by atoms with Crippen LogP contribution in [-0.2, 0) is 0 Å². The zero-order valence-corrected chi connectivity index (χ0v) is 11.2. The maximum atomic E-state index is 4.47. The Morgan fingerprint density at radius 1 is 1.31 bits per heavy atom. The van der Waals surface area contributed by atoms with Gasteiger partial charge in [0.25, 0.3) is 0 Å². The summed E-state index contributed by atoms with van der Waals surface area (Å²) in [6.07, 6.45) is 0. The Bertz CT molecular complexity index is 503. The van der Waals surface area contributed by atoms with E-state index in [9.17, 15) is 0 Å². The van der Waals surface area contributed by atoms with E-state index in [1.807, 2.05) is 6.07 Å². The predicted molar refractivity (Wildman–Crippen MR) is 68.3 cm³/mol. The molecule has 3 nitrogen and oxygen atoms in total. The molecular formula is C12H14BrN3. The monoisotopic (exact) mass is 279 g/mol. The fraction of sp³-hybridized carbons (Fsp3) is 0.333. The van der Waals surface area contributed by atoms with Crippen LogP contribution in [0.4, 0.5) is 0 Å². The Kier molecular flexibility index (Phi) is 3.10. The van der Waals surface area contributed by atoms with Crippen LogP contribution in [0, 0.1) is 6.92 Å². The summed E-state index contributed by atoms with van der Waals surface area (Å²) in [7, 11) is 0. The van der Waals surface area contributed by atoms with Crippen molar-refractivity contribution in [2.75, 3.05) is 0 Å². The van der Waals surface area contributed by atoms with Crippen LogP contribution in [0.1, 0.15) is 31.2 Å². The van der Waals surface area contributed by atoms with Crippen LogP contribution in [0.5, 0.6) is 0 Å². The molecule has 16 heavy (non-hydrogen) atoms. The molecule has 1 aromatic carbocycles. The van der Waals surface area contributed by atoms with Gasteiger partial charge in [0.05, 0.1) is 0 Å². The SMILES string of the molecule is Cc1ccc(-c2n[nH]c(C(C)C)n2)c(Br)c1. The molecule has 0 saturated carbocycles. The summed E-state index contributed by atoms with van der Waals surface area (Å²) in [4.78, 5) is 4.47. The molecule has 0 unspecified atom stereocenters. The quantitative estimate of drug-likeness (QED) is 0.912. The number of hydrogen-bond acceptors (Lipinski definition) is 2. The second kappa shape index (κ2) is 4.37. The molecule has 0 atom stereocenters. The van der Waals surface area contributed by atoms with E-state index in [4.69, 9.17) is 0 Å². The summed E-state index contributed by atoms with van der Waals surface area (Å²) in [6.45, 7) is 6.25. The van der Waals surface area contributed by atoms with Crippen molar-refractivity contribution >= 4 is 15.9 Å². The standard InChI is InChI=1S/C12H14BrN3/c1-7(2)11-14-12(16-15-11)9-5-4-8(3)6-10(9)13/h4-7H,1-3H3,(H,14,15,16). The highest BCUT2D eigenvalue weighted by molar-refractivity contribution is 9.10. The van der Waals surface area contributed by atoms with Crippen LogP contribution >= 0.6 is 15.9 Å². The van der Waals surface area contributed by atoms with E-state index < -0.39 is 0 Å². The fourth-order valence-electron chi connectivity index (χ4n) is 1.45. The average molecular weight is 280 g/mol. The number of rotatable bonds is 2. The van der Waals surface area contributed by atoms with Gasteiger partial charge in [-0.3, -0.25) is 5.10 Å². The number of aromatic amines is 1. The Balaban J connectivity index is 2.42. The first kappa shape index (κ1) is 11.3. The minimum atomic E-state index is 0.366. The van der Waals surface area contributed by atoms with E-state index in [0.717, 1.165) is 21.7 Å². The summed E-state index contributed by atoms with van der Waals surface area (Å²) in [5, 5.41) is 7.20. The molecule has 0 bridgehead atoms. The Morgan fingerprint density at radius 2 is 2.06 bits per heavy atom. The van der Waals surface area contributed by atoms with Gasteiger partial charge < -0.3 is 0 Å². The largest absolute Gasteiger partial charge is 0.262 e. The Labute approximate surface area is 103 Å². The Morgan fingerprint density at radius 3 is 2.62 bits per heavy atom. The van der Waals surface area contributed by atoms with E-state index in [0.29, 0.717) is 5.92 Å². The molecule has 0 spiro atoms. The molecule has 1 heterocycles. The number of benzene rings is 1. The van der Waals surface area contributed by atoms with Crippen LogP contribution in [-0.4, -0.2) is 15.2 Å². The first-order valence-electron chi connectivity index (χ1n) is 5.26. The normalized spacial score (nSPS) is 11.1. The smallest absolute Gasteiger partial charge is 0.182 e. The van der Waals surface area contributed by atoms with Gasteiger partial charge >= 0.3 is 0 Å². The fourth-order valence-corrected chi connectivity index (χ4v) is 2.13. The molecule has 4 heteroatoms. The summed E-state index contributed by atoms with van der Waals surface area (Å²) in [5.74, 6) is 2.03. The third-order valence-corrected chi connectivity index (χ3v) is 3.07. The molecule has 0 saturated heterocycles. The maximum Gasteiger partial charge on any atom is 0.182 e. The van der Waals surface area contributed by atoms with Gasteiger partial charge in [-0.1, -0.05) is 35.8 Å². The van der Waals surface area contributed by atoms with Crippen LogP contribution in [0.3, 0.4) is 0 Å². The van der Waals surface area contributed by atoms with E-state index in [1.54, 1.807) is 0 Å². The van der Waals surface area contributed by atoms with Crippen molar-refractivity contribution in [3.8, 4) is 11.4 Å². The molecular weight excluding hydrogens is 266 g/mol. The molecule has 1 N–H and O–H groups in total. The molecule has 2 rings (SSSR count). The molecule has 0 aliphatic rings. The number of aromatic nitrogens is 3. The minimum absolute atomic E-state index is 0.366. The van der Waals surface area contributed by atoms with E-state index in [1.165, 1.54) is 5.56 Å². The number of nitrogens with zero attached hydrogens (tertiary/aromatic N) is 2. The zero-order valence-electron chi connectivity index (χ0n) is 9.58. The lowest BCUT2D eigenvalue weighted by Gasteiger charge is -2.00. The molecule has 0 aliphatic carbocycles. The van der Waals surface area contributed by atoms with Crippen LogP contribution in [0.25, 0.3) is 11.4 Å². The number of H-pyrrole nitrogens is 1. The van der Waals surface area contributed by atoms with Gasteiger partial charge in [-0.15, -0.1) is 0 Å². The van der Waals surface area contributed by atoms with Crippen molar-refractivity contribution in [3.05, 3.63) is 34.1 Å². The highest BCUT2D eigenvalue weighted by Crippen LogP contribution is 2.27. The predicted octanol–water partition coefficient (Wildman–Crippen LogP) is 3.67. The second-order valence-corrected chi connectivity index (χ2v) is 5.04. The van der Waals surface area contributed by atoms with Gasteiger partial charge in [0.15, 0.2) is 5.82 Å². The molecule has 2 aromatic rings. The van der Waals surface area contributed by atoms with Crippen LogP contribution < -0.4 is 0 Å². The van der Waals surface area contributed by atoms with E-state index >= 15 is 0 Å². The van der Waals surface area contributed by atoms with Crippen molar-refractivity contribution in [2.24, 2.45) is 0 Å². The number of aryl methyl sites for hydroxylation is 1. The van der Waals surface area contributed by atoms with Gasteiger partial charge in [-0.2, -0.15) is 5.10 Å². The number of hydrogen-bond donors (Lipinski definition) is 1. The van der Waals surface area contributed by atoms with E-state index in [-0.39, 0.29) is 0 Å². The minimum Gasteiger partial charge on any atom is -0.262 e. The van der Waals surface area contributed by atoms with Crippen molar-refractivity contribution in [1.82, 2.24) is 15.2 Å². The maximum absolute atomic E-state index is 4.47. The third kappa shape index (κ3) is 2.16. The van der Waals surface area contributed by atoms with Crippen molar-refractivity contribution in [3.63, 3.8) is 0 Å². The molecule has 0 aliphatic heterocycles. The molecule has 84 valence electrons. The van der Waals surface area contributed by atoms with Gasteiger partial charge in [0, 0.05) is 16.0 Å². The van der Waals surface area contributed by atoms with Crippen LogP contribution in [0.15, 0.2) is 22.7 Å². The third-order valence-electron chi connectivity index (χ3n) is 2.42. The second-order valence-electron chi connectivity index (χ2n) is 4.18. The lowest BCUT2D eigenvalue weighted by Crippen LogP contribution is -1.89. The van der Waals surface area contributed by atoms with Crippen molar-refractivity contribution in [1.29, 1.82) is 0 Å². The molecule has 0 amide bonds. The summed E-state index contributed by atoms with van der Waals surface area (Å²) < 4.78 is 1.03. The first-order chi connectivity index (χ1) is 7.58. The van der Waals surface area contributed by atoms with Crippen molar-refractivity contribution < 1.29 is 0 Å². The topological polar surface area (TPSA) is 41.6 Å². The summed E-state index contributed by atoms with van der Waals surface area (Å²) in [5.41, 5.74) is 2.24. The first-order valence-corrected chi connectivity index (χ1v) is 6.06. The molecule has 0 radical (unpaired) electrons. The van der Waals surface area contributed by atoms with Gasteiger partial charge in [-0.05, 0) is 24.6 Å². The van der Waals surface area contributed by atoms with Crippen molar-refractivity contribution in [2.45, 2.75) is 26.7 Å². The van der Waals surface area contributed by atoms with Gasteiger partial charge in [0.1, 0.15) is 5.82 Å². The molecule has 0 fully saturated rings. The number of halogens is 1. The summed E-state index contributed by atoms with van der Waals surface area (Å²) in [6, 6.07) is 6.17. The van der Waals surface area contributed by atoms with Gasteiger partial charge in [0.2, 0.25) is 0 Å². The number of nitrogens with one attached hydrogen (secondary N) is 1.